The van der Waals surface area contributed by atoms with Crippen LogP contribution in [0.2, 0.25) is 5.02 Å². The SMILES string of the molecule is CCC(CCCCCl)(CO[N+](=O)[O-])C(=O)Nc1ccc(Cl)cc1-n1cccn1. The standard InChI is InChI=1S/C18H22Cl2N4O4/c1-2-18(8-3-4-9-19,13-28-24(26)27)17(25)22-15-7-6-14(20)12-16(15)23-11-5-10-21-23/h5-7,10-12H,2-4,8-9,13H2,1H3,(H,22,25). The van der Waals surface area contributed by atoms with Crippen molar-refractivity contribution in [1.82, 2.24) is 9.78 Å². The molecule has 1 atom stereocenters. The Morgan fingerprint density at radius 2 is 2.21 bits per heavy atom. The van der Waals surface area contributed by atoms with Crippen LogP contribution in [0, 0.1) is 15.5 Å². The number of carbonyl (C=O) groups excluding carboxylic acids is 1. The van der Waals surface area contributed by atoms with Gasteiger partial charge < -0.3 is 10.2 Å². The van der Waals surface area contributed by atoms with Crippen molar-refractivity contribution in [3.8, 4) is 5.69 Å². The molecule has 28 heavy (non-hydrogen) atoms. The van der Waals surface area contributed by atoms with Crippen molar-refractivity contribution in [3.05, 3.63) is 51.8 Å². The van der Waals surface area contributed by atoms with Crippen molar-refractivity contribution in [3.63, 3.8) is 0 Å². The predicted molar refractivity (Wildman–Crippen MR) is 107 cm³/mol. The first kappa shape index (κ1) is 22.0. The molecule has 0 aliphatic heterocycles. The number of halogens is 2. The molecule has 2 aromatic rings. The number of nitrogens with zero attached hydrogens (tertiary/aromatic N) is 3. The minimum Gasteiger partial charge on any atom is -0.324 e. The fourth-order valence-corrected chi connectivity index (χ4v) is 3.25. The first-order valence-corrected chi connectivity index (χ1v) is 9.77. The third-order valence-electron chi connectivity index (χ3n) is 4.60. The van der Waals surface area contributed by atoms with E-state index in [0.29, 0.717) is 48.0 Å². The predicted octanol–water partition coefficient (Wildman–Crippen LogP) is 4.48. The molecule has 1 unspecified atom stereocenters. The maximum Gasteiger partial charge on any atom is 0.294 e. The number of hydrogen-bond donors (Lipinski definition) is 1. The molecule has 0 saturated heterocycles. The second-order valence-corrected chi connectivity index (χ2v) is 7.16. The fourth-order valence-electron chi connectivity index (χ4n) is 2.89. The zero-order valence-electron chi connectivity index (χ0n) is 15.4. The summed E-state index contributed by atoms with van der Waals surface area (Å²) in [6.45, 7) is 1.48. The molecular formula is C18H22Cl2N4O4. The highest BCUT2D eigenvalue weighted by molar-refractivity contribution is 6.31. The zero-order valence-corrected chi connectivity index (χ0v) is 16.9. The minimum atomic E-state index is -1.06. The van der Waals surface area contributed by atoms with Crippen LogP contribution in [0.3, 0.4) is 0 Å². The van der Waals surface area contributed by atoms with Gasteiger partial charge in [0.05, 0.1) is 16.8 Å². The van der Waals surface area contributed by atoms with E-state index in [1.807, 2.05) is 0 Å². The van der Waals surface area contributed by atoms with Crippen molar-refractivity contribution in [2.24, 2.45) is 5.41 Å². The molecule has 2 rings (SSSR count). The molecule has 1 aromatic heterocycles. The summed E-state index contributed by atoms with van der Waals surface area (Å²) in [5, 5.41) is 17.4. The summed E-state index contributed by atoms with van der Waals surface area (Å²) in [5.74, 6) is 0.0974. The van der Waals surface area contributed by atoms with Crippen molar-refractivity contribution in [2.75, 3.05) is 17.8 Å². The molecule has 10 heteroatoms. The van der Waals surface area contributed by atoms with E-state index in [0.717, 1.165) is 0 Å². The summed E-state index contributed by atoms with van der Waals surface area (Å²) in [5.41, 5.74) is 0.0290. The number of benzene rings is 1. The number of anilines is 1. The van der Waals surface area contributed by atoms with Gasteiger partial charge in [0.1, 0.15) is 6.61 Å². The maximum absolute atomic E-state index is 13.2. The Hall–Kier alpha value is -2.32. The lowest BCUT2D eigenvalue weighted by Gasteiger charge is -2.30. The van der Waals surface area contributed by atoms with Crippen LogP contribution in [0.4, 0.5) is 5.69 Å². The number of rotatable bonds is 11. The lowest BCUT2D eigenvalue weighted by atomic mass is 9.80. The van der Waals surface area contributed by atoms with Crippen LogP contribution >= 0.6 is 23.2 Å². The monoisotopic (exact) mass is 428 g/mol. The topological polar surface area (TPSA) is 99.3 Å². The van der Waals surface area contributed by atoms with Crippen LogP contribution in [0.5, 0.6) is 0 Å². The molecule has 1 N–H and O–H groups in total. The van der Waals surface area contributed by atoms with Gasteiger partial charge in [-0.15, -0.1) is 21.7 Å². The lowest BCUT2D eigenvalue weighted by Crippen LogP contribution is -2.40. The molecule has 0 saturated carbocycles. The van der Waals surface area contributed by atoms with Gasteiger partial charge in [0, 0.05) is 23.3 Å². The second-order valence-electron chi connectivity index (χ2n) is 6.34. The lowest BCUT2D eigenvalue weighted by molar-refractivity contribution is -0.760. The van der Waals surface area contributed by atoms with Crippen molar-refractivity contribution < 1.29 is 14.7 Å². The summed E-state index contributed by atoms with van der Waals surface area (Å²) in [6.07, 6.45) is 5.48. The van der Waals surface area contributed by atoms with Gasteiger partial charge in [-0.05, 0) is 43.5 Å². The highest BCUT2D eigenvalue weighted by Gasteiger charge is 2.38. The van der Waals surface area contributed by atoms with E-state index < -0.39 is 10.5 Å². The summed E-state index contributed by atoms with van der Waals surface area (Å²) in [6, 6.07) is 6.75. The van der Waals surface area contributed by atoms with Gasteiger partial charge in [-0.2, -0.15) is 5.10 Å². The quantitative estimate of drug-likeness (QED) is 0.246. The van der Waals surface area contributed by atoms with E-state index in [1.165, 1.54) is 0 Å². The van der Waals surface area contributed by atoms with Crippen molar-refractivity contribution in [2.45, 2.75) is 32.6 Å². The number of unbranched alkanes of at least 4 members (excludes halogenated alkanes) is 1. The van der Waals surface area contributed by atoms with Gasteiger partial charge in [0.15, 0.2) is 0 Å². The summed E-state index contributed by atoms with van der Waals surface area (Å²) >= 11 is 11.8. The summed E-state index contributed by atoms with van der Waals surface area (Å²) in [7, 11) is 0. The van der Waals surface area contributed by atoms with Gasteiger partial charge in [-0.1, -0.05) is 24.9 Å². The number of carbonyl (C=O) groups is 1. The normalized spacial score (nSPS) is 13.0. The largest absolute Gasteiger partial charge is 0.324 e. The molecule has 152 valence electrons. The van der Waals surface area contributed by atoms with Gasteiger partial charge in [0.2, 0.25) is 5.91 Å². The Balaban J connectivity index is 2.30. The Kier molecular flexibility index (Phi) is 8.07. The van der Waals surface area contributed by atoms with E-state index >= 15 is 0 Å². The molecule has 0 bridgehead atoms. The molecule has 8 nitrogen and oxygen atoms in total. The van der Waals surface area contributed by atoms with Crippen LogP contribution in [0.1, 0.15) is 32.6 Å². The minimum absolute atomic E-state index is 0.324. The second kappa shape index (κ2) is 10.3. The molecule has 0 aliphatic carbocycles. The van der Waals surface area contributed by atoms with Crippen LogP contribution in [-0.4, -0.2) is 33.3 Å². The maximum atomic E-state index is 13.2. The zero-order chi connectivity index (χ0) is 20.6. The molecule has 1 amide bonds. The van der Waals surface area contributed by atoms with E-state index in [-0.39, 0.29) is 12.5 Å². The third kappa shape index (κ3) is 5.59. The number of alkyl halides is 1. The molecular weight excluding hydrogens is 407 g/mol. The van der Waals surface area contributed by atoms with Crippen LogP contribution < -0.4 is 5.32 Å². The smallest absolute Gasteiger partial charge is 0.294 e. The van der Waals surface area contributed by atoms with Gasteiger partial charge in [-0.3, -0.25) is 4.79 Å². The van der Waals surface area contributed by atoms with Crippen LogP contribution in [0.15, 0.2) is 36.7 Å². The van der Waals surface area contributed by atoms with E-state index in [2.05, 4.69) is 15.3 Å². The average Bonchev–Trinajstić information content (AvgIpc) is 3.20. The molecule has 0 aliphatic rings. The summed E-state index contributed by atoms with van der Waals surface area (Å²) in [4.78, 5) is 28.5. The van der Waals surface area contributed by atoms with Crippen molar-refractivity contribution >= 4 is 34.8 Å². The van der Waals surface area contributed by atoms with E-state index in [1.54, 1.807) is 48.3 Å². The van der Waals surface area contributed by atoms with Gasteiger partial charge in [0.25, 0.3) is 5.09 Å². The molecule has 0 radical (unpaired) electrons. The number of nitrogens with one attached hydrogen (secondary N) is 1. The van der Waals surface area contributed by atoms with Gasteiger partial charge >= 0.3 is 0 Å². The summed E-state index contributed by atoms with van der Waals surface area (Å²) < 4.78 is 1.58. The van der Waals surface area contributed by atoms with Gasteiger partial charge in [-0.25, -0.2) is 4.68 Å². The van der Waals surface area contributed by atoms with Crippen LogP contribution in [0.25, 0.3) is 5.69 Å². The Morgan fingerprint density at radius 1 is 1.43 bits per heavy atom. The molecule has 1 aromatic carbocycles. The Morgan fingerprint density at radius 3 is 2.82 bits per heavy atom. The number of amides is 1. The highest BCUT2D eigenvalue weighted by Crippen LogP contribution is 2.33. The first-order valence-electron chi connectivity index (χ1n) is 8.86. The fraction of sp³-hybridized carbons (Fsp3) is 0.444. The Labute approximate surface area is 172 Å². The number of hydrogen-bond acceptors (Lipinski definition) is 5. The van der Waals surface area contributed by atoms with E-state index in [4.69, 9.17) is 23.2 Å². The first-order chi connectivity index (χ1) is 13.4. The number of aromatic nitrogens is 2. The third-order valence-corrected chi connectivity index (χ3v) is 5.11. The molecule has 0 fully saturated rings. The molecule has 0 spiro atoms. The average molecular weight is 429 g/mol. The van der Waals surface area contributed by atoms with Crippen molar-refractivity contribution in [1.29, 1.82) is 0 Å². The highest BCUT2D eigenvalue weighted by atomic mass is 35.5. The Bertz CT molecular complexity index is 801. The van der Waals surface area contributed by atoms with E-state index in [9.17, 15) is 14.9 Å². The van der Waals surface area contributed by atoms with Crippen LogP contribution in [-0.2, 0) is 9.63 Å². The molecule has 1 heterocycles.